The van der Waals surface area contributed by atoms with Crippen molar-refractivity contribution in [2.75, 3.05) is 0 Å². The van der Waals surface area contributed by atoms with Crippen LogP contribution in [0.5, 0.6) is 0 Å². The Hall–Kier alpha value is -0.640. The van der Waals surface area contributed by atoms with E-state index in [4.69, 9.17) is 16.7 Å². The van der Waals surface area contributed by atoms with Crippen molar-refractivity contribution in [3.05, 3.63) is 33.9 Å². The van der Waals surface area contributed by atoms with Gasteiger partial charge in [0.1, 0.15) is 5.82 Å². The van der Waals surface area contributed by atoms with Gasteiger partial charge in [0.2, 0.25) is 0 Å². The van der Waals surface area contributed by atoms with Crippen LogP contribution in [-0.4, -0.2) is 5.11 Å². The highest BCUT2D eigenvalue weighted by Crippen LogP contribution is 2.35. The Labute approximate surface area is 83.4 Å². The predicted octanol–water partition coefficient (Wildman–Crippen LogP) is 3.19. The van der Waals surface area contributed by atoms with E-state index >= 15 is 0 Å². The molecule has 1 N–H and O–H groups in total. The van der Waals surface area contributed by atoms with Crippen molar-refractivity contribution < 1.29 is 9.50 Å². The number of thiophene rings is 1. The second-order valence-electron chi connectivity index (χ2n) is 2.64. The van der Waals surface area contributed by atoms with Crippen LogP contribution < -0.4 is 0 Å². The highest BCUT2D eigenvalue weighted by molar-refractivity contribution is 7.19. The molecule has 0 saturated heterocycles. The van der Waals surface area contributed by atoms with Crippen molar-refractivity contribution in [1.82, 2.24) is 0 Å². The van der Waals surface area contributed by atoms with Gasteiger partial charge in [-0.1, -0.05) is 11.6 Å². The zero-order chi connectivity index (χ0) is 9.42. The van der Waals surface area contributed by atoms with E-state index < -0.39 is 0 Å². The number of fused-ring (bicyclic) bond motifs is 1. The monoisotopic (exact) mass is 216 g/mol. The summed E-state index contributed by atoms with van der Waals surface area (Å²) in [5, 5.41) is 10.3. The van der Waals surface area contributed by atoms with Gasteiger partial charge in [0.15, 0.2) is 0 Å². The quantitative estimate of drug-likeness (QED) is 0.776. The summed E-state index contributed by atoms with van der Waals surface area (Å²) >= 11 is 7.25. The molecule has 0 amide bonds. The molecule has 2 rings (SSSR count). The molecule has 68 valence electrons. The van der Waals surface area contributed by atoms with Crippen LogP contribution in [0.25, 0.3) is 10.1 Å². The number of aliphatic hydroxyl groups is 1. The molecular weight excluding hydrogens is 211 g/mol. The second kappa shape index (κ2) is 3.25. The third kappa shape index (κ3) is 1.43. The lowest BCUT2D eigenvalue weighted by Crippen LogP contribution is -1.74. The molecular formula is C9H6ClFOS. The minimum Gasteiger partial charge on any atom is -0.391 e. The molecule has 0 saturated carbocycles. The van der Waals surface area contributed by atoms with Gasteiger partial charge < -0.3 is 5.11 Å². The first-order chi connectivity index (χ1) is 6.22. The maximum Gasteiger partial charge on any atom is 0.124 e. The molecule has 0 bridgehead atoms. The van der Waals surface area contributed by atoms with Crippen LogP contribution in [0.4, 0.5) is 4.39 Å². The molecule has 0 aliphatic carbocycles. The molecule has 1 aromatic heterocycles. The van der Waals surface area contributed by atoms with Crippen LogP contribution in [0.2, 0.25) is 5.02 Å². The van der Waals surface area contributed by atoms with Gasteiger partial charge in [0.05, 0.1) is 11.6 Å². The Kier molecular flexibility index (Phi) is 2.24. The van der Waals surface area contributed by atoms with Gasteiger partial charge in [-0.2, -0.15) is 0 Å². The first-order valence-corrected chi connectivity index (χ1v) is 4.89. The van der Waals surface area contributed by atoms with Crippen molar-refractivity contribution in [3.8, 4) is 0 Å². The number of rotatable bonds is 1. The molecule has 1 nitrogen and oxygen atoms in total. The smallest absolute Gasteiger partial charge is 0.124 e. The average Bonchev–Trinajstić information content (AvgIpc) is 2.42. The maximum atomic E-state index is 12.8. The predicted molar refractivity (Wildman–Crippen MR) is 52.7 cm³/mol. The Morgan fingerprint density at radius 3 is 2.92 bits per heavy atom. The largest absolute Gasteiger partial charge is 0.391 e. The number of aliphatic hydroxyl groups excluding tert-OH is 1. The van der Waals surface area contributed by atoms with Crippen molar-refractivity contribution >= 4 is 33.0 Å². The van der Waals surface area contributed by atoms with Crippen LogP contribution in [0.3, 0.4) is 0 Å². The van der Waals surface area contributed by atoms with Crippen molar-refractivity contribution in [2.24, 2.45) is 0 Å². The fourth-order valence-electron chi connectivity index (χ4n) is 1.19. The summed E-state index contributed by atoms with van der Waals surface area (Å²) in [6, 6.07) is 4.41. The van der Waals surface area contributed by atoms with E-state index in [1.54, 1.807) is 6.07 Å². The molecule has 0 fully saturated rings. The fourth-order valence-corrected chi connectivity index (χ4v) is 2.57. The van der Waals surface area contributed by atoms with Crippen LogP contribution in [0.1, 0.15) is 4.88 Å². The Bertz CT molecular complexity index is 452. The maximum absolute atomic E-state index is 12.8. The summed E-state index contributed by atoms with van der Waals surface area (Å²) in [5.41, 5.74) is 0. The molecule has 0 unspecified atom stereocenters. The normalized spacial score (nSPS) is 11.0. The third-order valence-corrected chi connectivity index (χ3v) is 3.48. The number of halogens is 2. The van der Waals surface area contributed by atoms with Crippen molar-refractivity contribution in [1.29, 1.82) is 0 Å². The molecule has 1 aromatic carbocycles. The van der Waals surface area contributed by atoms with Gasteiger partial charge in [0.25, 0.3) is 0 Å². The van der Waals surface area contributed by atoms with Crippen molar-refractivity contribution in [3.63, 3.8) is 0 Å². The summed E-state index contributed by atoms with van der Waals surface area (Å²) in [7, 11) is 0. The fraction of sp³-hybridized carbons (Fsp3) is 0.111. The van der Waals surface area contributed by atoms with Gasteiger partial charge in [-0.15, -0.1) is 11.3 Å². The lowest BCUT2D eigenvalue weighted by Gasteiger charge is -1.90. The van der Waals surface area contributed by atoms with Crippen LogP contribution >= 0.6 is 22.9 Å². The van der Waals surface area contributed by atoms with E-state index in [0.717, 1.165) is 10.1 Å². The summed E-state index contributed by atoms with van der Waals surface area (Å²) in [5.74, 6) is -0.282. The standard InChI is InChI=1S/C9H6ClFOS/c10-9-6-2-1-5(11)3-7(6)13-8(9)4-12/h1-3,12H,4H2. The van der Waals surface area contributed by atoms with Crippen LogP contribution in [-0.2, 0) is 6.61 Å². The number of benzene rings is 1. The highest BCUT2D eigenvalue weighted by Gasteiger charge is 2.09. The zero-order valence-corrected chi connectivity index (χ0v) is 8.12. The van der Waals surface area contributed by atoms with Crippen molar-refractivity contribution in [2.45, 2.75) is 6.61 Å². The van der Waals surface area contributed by atoms with Gasteiger partial charge in [-0.05, 0) is 18.2 Å². The van der Waals surface area contributed by atoms with Gasteiger partial charge in [-0.3, -0.25) is 0 Å². The highest BCUT2D eigenvalue weighted by atomic mass is 35.5. The number of hydrogen-bond donors (Lipinski definition) is 1. The van der Waals surface area contributed by atoms with Crippen LogP contribution in [0.15, 0.2) is 18.2 Å². The molecule has 1 heterocycles. The summed E-state index contributed by atoms with van der Waals surface area (Å²) in [4.78, 5) is 0.683. The average molecular weight is 217 g/mol. The first kappa shape index (κ1) is 8.94. The van der Waals surface area contributed by atoms with Crippen LogP contribution in [0, 0.1) is 5.82 Å². The molecule has 0 spiro atoms. The molecule has 13 heavy (non-hydrogen) atoms. The van der Waals surface area contributed by atoms with Gasteiger partial charge in [-0.25, -0.2) is 4.39 Å². The molecule has 0 aliphatic rings. The Balaban J connectivity index is 2.76. The van der Waals surface area contributed by atoms with E-state index in [-0.39, 0.29) is 12.4 Å². The van der Waals surface area contributed by atoms with E-state index in [9.17, 15) is 4.39 Å². The summed E-state index contributed by atoms with van der Waals surface area (Å²) in [6.07, 6.45) is 0. The topological polar surface area (TPSA) is 20.2 Å². The zero-order valence-electron chi connectivity index (χ0n) is 6.55. The first-order valence-electron chi connectivity index (χ1n) is 3.69. The molecule has 0 aliphatic heterocycles. The lowest BCUT2D eigenvalue weighted by atomic mass is 10.2. The van der Waals surface area contributed by atoms with Gasteiger partial charge in [0, 0.05) is 15.0 Å². The van der Waals surface area contributed by atoms with E-state index in [1.807, 2.05) is 0 Å². The molecule has 2 aromatic rings. The second-order valence-corrected chi connectivity index (χ2v) is 4.15. The Morgan fingerprint density at radius 1 is 1.46 bits per heavy atom. The Morgan fingerprint density at radius 2 is 2.23 bits per heavy atom. The molecule has 0 atom stereocenters. The SMILES string of the molecule is OCc1sc2cc(F)ccc2c1Cl. The summed E-state index contributed by atoms with van der Waals surface area (Å²) < 4.78 is 13.6. The summed E-state index contributed by atoms with van der Waals surface area (Å²) in [6.45, 7) is -0.0974. The molecule has 4 heteroatoms. The minimum absolute atomic E-state index is 0.0974. The molecule has 0 radical (unpaired) electrons. The lowest BCUT2D eigenvalue weighted by molar-refractivity contribution is 0.285. The van der Waals surface area contributed by atoms with E-state index in [0.29, 0.717) is 9.90 Å². The number of hydrogen-bond acceptors (Lipinski definition) is 2. The van der Waals surface area contributed by atoms with Gasteiger partial charge >= 0.3 is 0 Å². The third-order valence-electron chi connectivity index (χ3n) is 1.80. The minimum atomic E-state index is -0.282. The van der Waals surface area contributed by atoms with E-state index in [2.05, 4.69) is 0 Å². The van der Waals surface area contributed by atoms with E-state index in [1.165, 1.54) is 23.5 Å².